The maximum atomic E-state index is 12.6. The van der Waals surface area contributed by atoms with E-state index in [-0.39, 0.29) is 42.3 Å². The van der Waals surface area contributed by atoms with E-state index >= 15 is 0 Å². The molecule has 1 heterocycles. The summed E-state index contributed by atoms with van der Waals surface area (Å²) in [5.74, 6) is 0.137. The fourth-order valence-corrected chi connectivity index (χ4v) is 3.16. The van der Waals surface area contributed by atoms with Crippen LogP contribution in [0.1, 0.15) is 27.0 Å². The maximum Gasteiger partial charge on any atom is 0.416 e. The Hall–Kier alpha value is -2.83. The first-order valence-electron chi connectivity index (χ1n) is 10.0. The van der Waals surface area contributed by atoms with Crippen molar-refractivity contribution in [3.8, 4) is 0 Å². The molecule has 0 bridgehead atoms. The number of aliphatic imine (C=N–C) groups is 1. The van der Waals surface area contributed by atoms with Crippen molar-refractivity contribution in [1.29, 1.82) is 0 Å². The molecule has 1 aliphatic heterocycles. The number of hydrogen-bond donors (Lipinski definition) is 3. The van der Waals surface area contributed by atoms with Crippen LogP contribution >= 0.6 is 24.0 Å². The normalized spacial score (nSPS) is 14.2. The van der Waals surface area contributed by atoms with Crippen molar-refractivity contribution in [1.82, 2.24) is 20.9 Å². The second-order valence-electron chi connectivity index (χ2n) is 7.25. The Morgan fingerprint density at radius 2 is 1.58 bits per heavy atom. The second kappa shape index (κ2) is 11.9. The Bertz CT molecular complexity index is 979. The number of alkyl halides is 3. The highest BCUT2D eigenvalue weighted by Gasteiger charge is 2.29. The van der Waals surface area contributed by atoms with Gasteiger partial charge < -0.3 is 20.9 Å². The Morgan fingerprint density at radius 3 is 2.06 bits per heavy atom. The highest BCUT2D eigenvalue weighted by atomic mass is 127. The molecule has 11 heteroatoms. The third kappa shape index (κ3) is 7.62. The van der Waals surface area contributed by atoms with Crippen molar-refractivity contribution in [2.24, 2.45) is 4.99 Å². The number of piperazine rings is 1. The molecule has 1 aliphatic rings. The molecule has 2 aromatic carbocycles. The van der Waals surface area contributed by atoms with E-state index in [4.69, 9.17) is 0 Å². The molecule has 0 unspecified atom stereocenters. The zero-order valence-corrected chi connectivity index (χ0v) is 20.2. The highest BCUT2D eigenvalue weighted by molar-refractivity contribution is 14.0. The first-order valence-corrected chi connectivity index (χ1v) is 10.0. The van der Waals surface area contributed by atoms with Gasteiger partial charge in [-0.1, -0.05) is 24.3 Å². The lowest BCUT2D eigenvalue weighted by Crippen LogP contribution is -2.49. The molecule has 0 saturated carbocycles. The van der Waals surface area contributed by atoms with Gasteiger partial charge in [-0.05, 0) is 35.4 Å². The van der Waals surface area contributed by atoms with E-state index in [0.717, 1.165) is 17.7 Å². The van der Waals surface area contributed by atoms with Gasteiger partial charge in [-0.2, -0.15) is 13.2 Å². The predicted molar refractivity (Wildman–Crippen MR) is 129 cm³/mol. The van der Waals surface area contributed by atoms with E-state index in [1.165, 1.54) is 17.0 Å². The molecule has 33 heavy (non-hydrogen) atoms. The zero-order valence-electron chi connectivity index (χ0n) is 17.9. The van der Waals surface area contributed by atoms with Gasteiger partial charge in [-0.3, -0.25) is 14.6 Å². The van der Waals surface area contributed by atoms with Crippen LogP contribution in [-0.4, -0.2) is 49.4 Å². The van der Waals surface area contributed by atoms with Crippen LogP contribution < -0.4 is 16.0 Å². The number of guanidine groups is 1. The topological polar surface area (TPSA) is 85.8 Å². The summed E-state index contributed by atoms with van der Waals surface area (Å²) in [6.45, 7) is 1.74. The molecule has 0 spiro atoms. The average Bonchev–Trinajstić information content (AvgIpc) is 2.79. The molecule has 3 rings (SSSR count). The monoisotopic (exact) mass is 575 g/mol. The summed E-state index contributed by atoms with van der Waals surface area (Å²) in [5, 5.41) is 8.86. The summed E-state index contributed by atoms with van der Waals surface area (Å²) in [5.41, 5.74) is 1.42. The van der Waals surface area contributed by atoms with Crippen LogP contribution in [0, 0.1) is 0 Å². The Kier molecular flexibility index (Phi) is 9.50. The molecule has 2 aromatic rings. The van der Waals surface area contributed by atoms with Crippen LogP contribution in [0.4, 0.5) is 13.2 Å². The lowest BCUT2D eigenvalue weighted by atomic mass is 10.1. The van der Waals surface area contributed by atoms with E-state index < -0.39 is 11.7 Å². The second-order valence-corrected chi connectivity index (χ2v) is 7.25. The summed E-state index contributed by atoms with van der Waals surface area (Å²) in [6.07, 6.45) is -4.36. The van der Waals surface area contributed by atoms with Crippen molar-refractivity contribution in [2.75, 3.05) is 26.7 Å². The molecule has 0 atom stereocenters. The summed E-state index contributed by atoms with van der Waals surface area (Å²) in [4.78, 5) is 29.6. The predicted octanol–water partition coefficient (Wildman–Crippen LogP) is 2.76. The molecular formula is C22H25F3IN5O2. The van der Waals surface area contributed by atoms with Gasteiger partial charge in [0.05, 0.1) is 12.1 Å². The summed E-state index contributed by atoms with van der Waals surface area (Å²) < 4.78 is 37.9. The van der Waals surface area contributed by atoms with Crippen molar-refractivity contribution in [2.45, 2.75) is 19.3 Å². The molecule has 0 aromatic heterocycles. The highest BCUT2D eigenvalue weighted by Crippen LogP contribution is 2.29. The van der Waals surface area contributed by atoms with Crippen molar-refractivity contribution in [3.63, 3.8) is 0 Å². The first kappa shape index (κ1) is 26.4. The van der Waals surface area contributed by atoms with Crippen molar-refractivity contribution in [3.05, 3.63) is 70.8 Å². The smallest absolute Gasteiger partial charge is 0.353 e. The van der Waals surface area contributed by atoms with Gasteiger partial charge in [0.1, 0.15) is 0 Å². The quantitative estimate of drug-likeness (QED) is 0.291. The van der Waals surface area contributed by atoms with E-state index in [0.29, 0.717) is 43.3 Å². The van der Waals surface area contributed by atoms with Crippen LogP contribution in [0.3, 0.4) is 0 Å². The minimum absolute atomic E-state index is 0. The number of amides is 2. The van der Waals surface area contributed by atoms with E-state index in [2.05, 4.69) is 20.9 Å². The molecular weight excluding hydrogens is 550 g/mol. The Balaban J connectivity index is 0.00000385. The number of carbonyl (C=O) groups excluding carboxylic acids is 2. The average molecular weight is 575 g/mol. The molecule has 1 fully saturated rings. The van der Waals surface area contributed by atoms with Gasteiger partial charge in [0.25, 0.3) is 5.91 Å². The van der Waals surface area contributed by atoms with Crippen molar-refractivity contribution >= 4 is 41.8 Å². The van der Waals surface area contributed by atoms with Gasteiger partial charge >= 0.3 is 6.18 Å². The fourth-order valence-electron chi connectivity index (χ4n) is 3.16. The van der Waals surface area contributed by atoms with Gasteiger partial charge in [0, 0.05) is 38.8 Å². The molecule has 7 nitrogen and oxygen atoms in total. The standard InChI is InChI=1S/C22H24F3N5O2.HI/c1-26-21(29-13-16-4-8-18(9-5-16)22(23,24)25)28-12-15-2-6-17(7-3-15)20(32)30-11-10-27-19(31)14-30;/h2-9H,10-14H2,1H3,(H,27,31)(H2,26,28,29);1H. The van der Waals surface area contributed by atoms with Gasteiger partial charge in [-0.25, -0.2) is 0 Å². The first-order chi connectivity index (χ1) is 15.3. The molecule has 0 aliphatic carbocycles. The number of halogens is 4. The maximum absolute atomic E-state index is 12.6. The van der Waals surface area contributed by atoms with Gasteiger partial charge in [-0.15, -0.1) is 24.0 Å². The van der Waals surface area contributed by atoms with Crippen molar-refractivity contribution < 1.29 is 22.8 Å². The van der Waals surface area contributed by atoms with Gasteiger partial charge in [0.2, 0.25) is 5.91 Å². The zero-order chi connectivity index (χ0) is 23.1. The number of hydrogen-bond acceptors (Lipinski definition) is 3. The Morgan fingerprint density at radius 1 is 1.03 bits per heavy atom. The molecule has 178 valence electrons. The van der Waals surface area contributed by atoms with Crippen LogP contribution in [0.25, 0.3) is 0 Å². The minimum Gasteiger partial charge on any atom is -0.353 e. The fraction of sp³-hybridized carbons (Fsp3) is 0.318. The number of carbonyl (C=O) groups is 2. The molecule has 0 radical (unpaired) electrons. The molecule has 1 saturated heterocycles. The van der Waals surface area contributed by atoms with E-state index in [1.54, 1.807) is 19.2 Å². The van der Waals surface area contributed by atoms with Crippen LogP contribution in [-0.2, 0) is 24.1 Å². The Labute approximate surface area is 206 Å². The molecule has 2 amide bonds. The van der Waals surface area contributed by atoms with E-state index in [1.807, 2.05) is 12.1 Å². The largest absolute Gasteiger partial charge is 0.416 e. The summed E-state index contributed by atoms with van der Waals surface area (Å²) in [6, 6.07) is 12.0. The number of rotatable bonds is 5. The minimum atomic E-state index is -4.36. The van der Waals surface area contributed by atoms with Crippen LogP contribution in [0.2, 0.25) is 0 Å². The summed E-state index contributed by atoms with van der Waals surface area (Å²) in [7, 11) is 1.60. The third-order valence-electron chi connectivity index (χ3n) is 4.95. The lowest BCUT2D eigenvalue weighted by molar-refractivity contribution is -0.137. The lowest BCUT2D eigenvalue weighted by Gasteiger charge is -2.26. The van der Waals surface area contributed by atoms with Gasteiger partial charge in [0.15, 0.2) is 5.96 Å². The number of benzene rings is 2. The third-order valence-corrected chi connectivity index (χ3v) is 4.95. The summed E-state index contributed by atoms with van der Waals surface area (Å²) >= 11 is 0. The SMILES string of the molecule is CN=C(NCc1ccc(C(=O)N2CCNC(=O)C2)cc1)NCc1ccc(C(F)(F)F)cc1.I. The van der Waals surface area contributed by atoms with E-state index in [9.17, 15) is 22.8 Å². The van der Waals surface area contributed by atoms with Crippen LogP contribution in [0.15, 0.2) is 53.5 Å². The number of nitrogens with one attached hydrogen (secondary N) is 3. The van der Waals surface area contributed by atoms with Crippen LogP contribution in [0.5, 0.6) is 0 Å². The molecule has 3 N–H and O–H groups in total. The number of nitrogens with zero attached hydrogens (tertiary/aromatic N) is 2.